The average molecular weight is 156 g/mol. The molecule has 1 amide bonds. The van der Waals surface area contributed by atoms with Gasteiger partial charge in [-0.05, 0) is 13.6 Å². The van der Waals surface area contributed by atoms with Crippen molar-refractivity contribution in [2.45, 2.75) is 19.9 Å². The van der Waals surface area contributed by atoms with Gasteiger partial charge in [-0.1, -0.05) is 6.92 Å². The summed E-state index contributed by atoms with van der Waals surface area (Å²) < 4.78 is 0. The van der Waals surface area contributed by atoms with Crippen LogP contribution in [0.3, 0.4) is 0 Å². The molecule has 0 radical (unpaired) electrons. The van der Waals surface area contributed by atoms with Crippen molar-refractivity contribution < 1.29 is 4.79 Å². The smallest absolute Gasteiger partial charge is 0.219 e. The van der Waals surface area contributed by atoms with E-state index in [0.29, 0.717) is 6.04 Å². The fourth-order valence-corrected chi connectivity index (χ4v) is 1.25. The average Bonchev–Trinajstić information content (AvgIpc) is 1.83. The Morgan fingerprint density at radius 3 is 2.55 bits per heavy atom. The number of amides is 1. The van der Waals surface area contributed by atoms with Gasteiger partial charge in [-0.2, -0.15) is 0 Å². The van der Waals surface area contributed by atoms with Crippen LogP contribution >= 0.6 is 0 Å². The minimum Gasteiger partial charge on any atom is -0.340 e. The number of hydrogen-bond donors (Lipinski definition) is 0. The largest absolute Gasteiger partial charge is 0.340 e. The number of likely N-dealkylation sites (tertiary alicyclic amines) is 1. The third kappa shape index (κ3) is 1.71. The van der Waals surface area contributed by atoms with Crippen LogP contribution in [-0.4, -0.2) is 48.4 Å². The van der Waals surface area contributed by atoms with Gasteiger partial charge >= 0.3 is 0 Å². The Morgan fingerprint density at radius 1 is 1.64 bits per heavy atom. The van der Waals surface area contributed by atoms with E-state index in [2.05, 4.69) is 18.9 Å². The van der Waals surface area contributed by atoms with Crippen LogP contribution in [0.1, 0.15) is 13.8 Å². The van der Waals surface area contributed by atoms with E-state index in [9.17, 15) is 4.79 Å². The van der Waals surface area contributed by atoms with E-state index in [1.807, 2.05) is 4.90 Å². The first-order valence-electron chi connectivity index (χ1n) is 4.11. The van der Waals surface area contributed by atoms with Crippen LogP contribution in [0, 0.1) is 0 Å². The monoisotopic (exact) mass is 156 g/mol. The lowest BCUT2D eigenvalue weighted by Crippen LogP contribution is -2.59. The molecular weight excluding hydrogens is 140 g/mol. The number of hydrogen-bond acceptors (Lipinski definition) is 2. The molecule has 0 saturated carbocycles. The molecule has 3 nitrogen and oxygen atoms in total. The molecule has 3 heteroatoms. The zero-order chi connectivity index (χ0) is 8.43. The molecule has 0 aromatic heterocycles. The molecule has 0 aromatic rings. The van der Waals surface area contributed by atoms with Crippen molar-refractivity contribution >= 4 is 5.91 Å². The van der Waals surface area contributed by atoms with Gasteiger partial charge in [0.15, 0.2) is 0 Å². The fourth-order valence-electron chi connectivity index (χ4n) is 1.25. The molecule has 1 aliphatic rings. The minimum absolute atomic E-state index is 0.200. The highest BCUT2D eigenvalue weighted by atomic mass is 16.2. The van der Waals surface area contributed by atoms with Crippen molar-refractivity contribution in [1.29, 1.82) is 0 Å². The summed E-state index contributed by atoms with van der Waals surface area (Å²) >= 11 is 0. The van der Waals surface area contributed by atoms with Crippen molar-refractivity contribution in [2.24, 2.45) is 0 Å². The van der Waals surface area contributed by atoms with Crippen molar-refractivity contribution in [3.8, 4) is 0 Å². The highest BCUT2D eigenvalue weighted by Gasteiger charge is 2.30. The zero-order valence-electron chi connectivity index (χ0n) is 7.50. The van der Waals surface area contributed by atoms with E-state index in [4.69, 9.17) is 0 Å². The Labute approximate surface area is 68.0 Å². The third-order valence-corrected chi connectivity index (χ3v) is 2.43. The van der Waals surface area contributed by atoms with E-state index >= 15 is 0 Å². The summed E-state index contributed by atoms with van der Waals surface area (Å²) in [7, 11) is 2.10. The van der Waals surface area contributed by atoms with Crippen LogP contribution in [0.4, 0.5) is 0 Å². The molecule has 1 heterocycles. The van der Waals surface area contributed by atoms with Gasteiger partial charge in [0.2, 0.25) is 5.91 Å². The molecule has 0 N–H and O–H groups in total. The number of carbonyl (C=O) groups excluding carboxylic acids is 1. The highest BCUT2D eigenvalue weighted by molar-refractivity contribution is 5.74. The van der Waals surface area contributed by atoms with Crippen LogP contribution in [0.25, 0.3) is 0 Å². The van der Waals surface area contributed by atoms with E-state index in [0.717, 1.165) is 19.6 Å². The molecule has 11 heavy (non-hydrogen) atoms. The first-order valence-corrected chi connectivity index (χ1v) is 4.11. The summed E-state index contributed by atoms with van der Waals surface area (Å²) in [5.41, 5.74) is 0. The lowest BCUT2D eigenvalue weighted by atomic mass is 10.1. The van der Waals surface area contributed by atoms with Gasteiger partial charge < -0.3 is 9.80 Å². The van der Waals surface area contributed by atoms with Crippen LogP contribution in [0.2, 0.25) is 0 Å². The summed E-state index contributed by atoms with van der Waals surface area (Å²) in [6.07, 6.45) is 0. The zero-order valence-corrected chi connectivity index (χ0v) is 7.50. The summed E-state index contributed by atoms with van der Waals surface area (Å²) in [4.78, 5) is 14.9. The maximum Gasteiger partial charge on any atom is 0.219 e. The predicted octanol–water partition coefficient (Wildman–Crippen LogP) is 0.169. The van der Waals surface area contributed by atoms with Crippen LogP contribution in [0.15, 0.2) is 0 Å². The van der Waals surface area contributed by atoms with Gasteiger partial charge in [-0.25, -0.2) is 0 Å². The van der Waals surface area contributed by atoms with Gasteiger partial charge in [0.05, 0.1) is 0 Å². The summed E-state index contributed by atoms with van der Waals surface area (Å²) in [5, 5.41) is 0. The molecule has 0 aliphatic carbocycles. The van der Waals surface area contributed by atoms with Crippen LogP contribution in [0.5, 0.6) is 0 Å². The van der Waals surface area contributed by atoms with Crippen molar-refractivity contribution in [1.82, 2.24) is 9.80 Å². The normalized spacial score (nSPS) is 18.7. The SMILES string of the molecule is CCN(C)C1CN(C(C)=O)C1. The van der Waals surface area contributed by atoms with Crippen molar-refractivity contribution in [3.05, 3.63) is 0 Å². The Bertz CT molecular complexity index is 152. The second kappa shape index (κ2) is 3.22. The number of likely N-dealkylation sites (N-methyl/N-ethyl adjacent to an activating group) is 1. The van der Waals surface area contributed by atoms with Crippen LogP contribution in [-0.2, 0) is 4.79 Å². The molecule has 0 bridgehead atoms. The first kappa shape index (κ1) is 8.53. The number of carbonyl (C=O) groups is 1. The quantitative estimate of drug-likeness (QED) is 0.569. The topological polar surface area (TPSA) is 23.6 Å². The van der Waals surface area contributed by atoms with E-state index in [1.165, 1.54) is 0 Å². The Balaban J connectivity index is 2.23. The maximum absolute atomic E-state index is 10.8. The van der Waals surface area contributed by atoms with Gasteiger partial charge in [0, 0.05) is 26.1 Å². The van der Waals surface area contributed by atoms with Crippen LogP contribution < -0.4 is 0 Å². The second-order valence-corrected chi connectivity index (χ2v) is 3.15. The number of nitrogens with zero attached hydrogens (tertiary/aromatic N) is 2. The second-order valence-electron chi connectivity index (χ2n) is 3.15. The maximum atomic E-state index is 10.8. The van der Waals surface area contributed by atoms with Gasteiger partial charge in [0.25, 0.3) is 0 Å². The van der Waals surface area contributed by atoms with Gasteiger partial charge in [0.1, 0.15) is 0 Å². The van der Waals surface area contributed by atoms with Gasteiger partial charge in [-0.15, -0.1) is 0 Å². The minimum atomic E-state index is 0.200. The highest BCUT2D eigenvalue weighted by Crippen LogP contribution is 2.12. The first-order chi connectivity index (χ1) is 5.15. The standard InChI is InChI=1S/C8H16N2O/c1-4-9(3)8-5-10(6-8)7(2)11/h8H,4-6H2,1-3H3. The van der Waals surface area contributed by atoms with E-state index < -0.39 is 0 Å². The number of rotatable bonds is 2. The molecule has 0 aromatic carbocycles. The van der Waals surface area contributed by atoms with Crippen molar-refractivity contribution in [2.75, 3.05) is 26.7 Å². The Morgan fingerprint density at radius 2 is 2.18 bits per heavy atom. The van der Waals surface area contributed by atoms with E-state index in [-0.39, 0.29) is 5.91 Å². The molecule has 1 fully saturated rings. The third-order valence-electron chi connectivity index (χ3n) is 2.43. The summed E-state index contributed by atoms with van der Waals surface area (Å²) in [6, 6.07) is 0.601. The van der Waals surface area contributed by atoms with Crippen molar-refractivity contribution in [3.63, 3.8) is 0 Å². The molecule has 1 saturated heterocycles. The summed E-state index contributed by atoms with van der Waals surface area (Å²) in [6.45, 7) is 6.66. The molecule has 0 unspecified atom stereocenters. The van der Waals surface area contributed by atoms with Gasteiger partial charge in [-0.3, -0.25) is 4.79 Å². The lowest BCUT2D eigenvalue weighted by molar-refractivity contribution is -0.135. The molecule has 1 aliphatic heterocycles. The summed E-state index contributed by atoms with van der Waals surface area (Å²) in [5.74, 6) is 0.200. The van der Waals surface area contributed by atoms with E-state index in [1.54, 1.807) is 6.92 Å². The lowest BCUT2D eigenvalue weighted by Gasteiger charge is -2.43. The molecule has 64 valence electrons. The Kier molecular flexibility index (Phi) is 2.49. The molecule has 0 spiro atoms. The fraction of sp³-hybridized carbons (Fsp3) is 0.875. The Hall–Kier alpha value is -0.570. The molecule has 1 rings (SSSR count). The predicted molar refractivity (Wildman–Crippen MR) is 44.3 cm³/mol. The molecule has 0 atom stereocenters. The molecular formula is C8H16N2O.